The van der Waals surface area contributed by atoms with Gasteiger partial charge in [0.1, 0.15) is 0 Å². The maximum Gasteiger partial charge on any atom is 0.306 e. The molecule has 0 radical (unpaired) electrons. The van der Waals surface area contributed by atoms with Crippen LogP contribution in [-0.4, -0.2) is 47.6 Å². The van der Waals surface area contributed by atoms with Gasteiger partial charge in [-0.3, -0.25) is 9.59 Å². The average molecular weight is 300 g/mol. The van der Waals surface area contributed by atoms with Crippen molar-refractivity contribution >= 4 is 23.6 Å². The summed E-state index contributed by atoms with van der Waals surface area (Å²) >= 11 is 1.73. The van der Waals surface area contributed by atoms with Gasteiger partial charge >= 0.3 is 5.97 Å². The van der Waals surface area contributed by atoms with Crippen molar-refractivity contribution in [3.63, 3.8) is 0 Å². The van der Waals surface area contributed by atoms with Crippen LogP contribution in [0.3, 0.4) is 0 Å². The first kappa shape index (κ1) is 15.6. The minimum atomic E-state index is -0.717. The first-order chi connectivity index (χ1) is 9.66. The van der Waals surface area contributed by atoms with Crippen LogP contribution >= 0.6 is 11.8 Å². The van der Waals surface area contributed by atoms with Crippen molar-refractivity contribution in [2.24, 2.45) is 11.8 Å². The van der Waals surface area contributed by atoms with Gasteiger partial charge in [-0.1, -0.05) is 6.42 Å². The van der Waals surface area contributed by atoms with Crippen LogP contribution in [-0.2, 0) is 9.59 Å². The molecule has 2 unspecified atom stereocenters. The Kier molecular flexibility index (Phi) is 6.16. The van der Waals surface area contributed by atoms with Crippen molar-refractivity contribution in [1.29, 1.82) is 0 Å². The summed E-state index contributed by atoms with van der Waals surface area (Å²) in [6, 6.07) is 0. The molecule has 6 heteroatoms. The minimum absolute atomic E-state index is 0.0459. The molecule has 0 bridgehead atoms. The summed E-state index contributed by atoms with van der Waals surface area (Å²) in [6.07, 6.45) is 4.88. The van der Waals surface area contributed by atoms with Crippen LogP contribution < -0.4 is 10.6 Å². The second-order valence-corrected chi connectivity index (χ2v) is 6.99. The molecule has 2 atom stereocenters. The number of rotatable bonds is 6. The molecule has 114 valence electrons. The predicted molar refractivity (Wildman–Crippen MR) is 79.8 cm³/mol. The number of nitrogens with one attached hydrogen (secondary N) is 2. The molecule has 2 fully saturated rings. The highest BCUT2D eigenvalue weighted by molar-refractivity contribution is 8.00. The third-order valence-corrected chi connectivity index (χ3v) is 5.65. The van der Waals surface area contributed by atoms with Crippen LogP contribution in [0.25, 0.3) is 0 Å². The zero-order valence-corrected chi connectivity index (χ0v) is 12.6. The second-order valence-electron chi connectivity index (χ2n) is 5.70. The summed E-state index contributed by atoms with van der Waals surface area (Å²) < 4.78 is 0. The fraction of sp³-hybridized carbons (Fsp3) is 0.857. The Labute approximate surface area is 124 Å². The summed E-state index contributed by atoms with van der Waals surface area (Å²) in [6.45, 7) is 2.60. The molecule has 1 aliphatic heterocycles. The average Bonchev–Trinajstić information content (AvgIpc) is 2.92. The van der Waals surface area contributed by atoms with E-state index in [0.717, 1.165) is 45.2 Å². The number of thioether (sulfide) groups is 1. The smallest absolute Gasteiger partial charge is 0.306 e. The van der Waals surface area contributed by atoms with E-state index in [0.29, 0.717) is 17.5 Å². The third-order valence-electron chi connectivity index (χ3n) is 4.27. The quantitative estimate of drug-likeness (QED) is 0.684. The Morgan fingerprint density at radius 3 is 2.65 bits per heavy atom. The van der Waals surface area contributed by atoms with E-state index in [4.69, 9.17) is 5.11 Å². The number of carboxylic acids is 1. The molecule has 0 spiro atoms. The predicted octanol–water partition coefficient (Wildman–Crippen LogP) is 1.09. The zero-order chi connectivity index (χ0) is 14.4. The molecular weight excluding hydrogens is 276 g/mol. The number of carboxylic acid groups (broad SMARTS) is 1. The number of carbonyl (C=O) groups is 2. The normalized spacial score (nSPS) is 27.4. The number of carbonyl (C=O) groups excluding carboxylic acids is 1. The Morgan fingerprint density at radius 1 is 1.20 bits per heavy atom. The van der Waals surface area contributed by atoms with Gasteiger partial charge in [0.05, 0.1) is 11.7 Å². The number of hydrogen-bond acceptors (Lipinski definition) is 4. The van der Waals surface area contributed by atoms with Crippen LogP contribution in [0.4, 0.5) is 0 Å². The van der Waals surface area contributed by atoms with Gasteiger partial charge in [0, 0.05) is 11.8 Å². The van der Waals surface area contributed by atoms with E-state index in [1.807, 2.05) is 0 Å². The standard InChI is InChI=1S/C14H24N2O3S/c17-13(9-20-11-4-6-15-7-5-11)16-8-10-2-1-3-12(10)14(18)19/h10-12,15H,1-9H2,(H,16,17)(H,18,19). The fourth-order valence-corrected chi connectivity index (χ4v) is 4.12. The maximum absolute atomic E-state index is 11.8. The van der Waals surface area contributed by atoms with Gasteiger partial charge in [-0.2, -0.15) is 0 Å². The van der Waals surface area contributed by atoms with Gasteiger partial charge in [-0.25, -0.2) is 0 Å². The Bertz CT molecular complexity index is 345. The van der Waals surface area contributed by atoms with Gasteiger partial charge in [0.15, 0.2) is 0 Å². The van der Waals surface area contributed by atoms with Crippen LogP contribution in [0.5, 0.6) is 0 Å². The van der Waals surface area contributed by atoms with E-state index < -0.39 is 5.97 Å². The highest BCUT2D eigenvalue weighted by Crippen LogP contribution is 2.31. The SMILES string of the molecule is O=C(CSC1CCNCC1)NCC1CCCC1C(=O)O. The third kappa shape index (κ3) is 4.66. The molecule has 0 aromatic carbocycles. The molecule has 2 aliphatic rings. The van der Waals surface area contributed by atoms with E-state index in [9.17, 15) is 9.59 Å². The molecule has 1 saturated carbocycles. The molecule has 0 aromatic heterocycles. The first-order valence-electron chi connectivity index (χ1n) is 7.48. The van der Waals surface area contributed by atoms with Crippen LogP contribution in [0.15, 0.2) is 0 Å². The lowest BCUT2D eigenvalue weighted by atomic mass is 9.96. The summed E-state index contributed by atoms with van der Waals surface area (Å²) in [5.41, 5.74) is 0. The summed E-state index contributed by atoms with van der Waals surface area (Å²) in [5, 5.41) is 15.9. The Morgan fingerprint density at radius 2 is 1.95 bits per heavy atom. The van der Waals surface area contributed by atoms with Crippen molar-refractivity contribution < 1.29 is 14.7 Å². The highest BCUT2D eigenvalue weighted by atomic mass is 32.2. The van der Waals surface area contributed by atoms with E-state index in [1.165, 1.54) is 0 Å². The fourth-order valence-electron chi connectivity index (χ4n) is 3.06. The van der Waals surface area contributed by atoms with Gasteiger partial charge < -0.3 is 15.7 Å². The minimum Gasteiger partial charge on any atom is -0.481 e. The summed E-state index contributed by atoms with van der Waals surface area (Å²) in [4.78, 5) is 22.9. The lowest BCUT2D eigenvalue weighted by Gasteiger charge is -2.22. The van der Waals surface area contributed by atoms with Crippen molar-refractivity contribution in [3.8, 4) is 0 Å². The monoisotopic (exact) mass is 300 g/mol. The van der Waals surface area contributed by atoms with Crippen LogP contribution in [0.1, 0.15) is 32.1 Å². The van der Waals surface area contributed by atoms with Gasteiger partial charge in [-0.05, 0) is 44.7 Å². The van der Waals surface area contributed by atoms with Crippen molar-refractivity contribution in [2.45, 2.75) is 37.4 Å². The number of hydrogen-bond donors (Lipinski definition) is 3. The lowest BCUT2D eigenvalue weighted by molar-refractivity contribution is -0.143. The molecule has 0 aromatic rings. The molecule has 1 heterocycles. The molecule has 1 aliphatic carbocycles. The zero-order valence-electron chi connectivity index (χ0n) is 11.8. The van der Waals surface area contributed by atoms with Crippen molar-refractivity contribution in [1.82, 2.24) is 10.6 Å². The van der Waals surface area contributed by atoms with E-state index in [-0.39, 0.29) is 17.7 Å². The number of amides is 1. The highest BCUT2D eigenvalue weighted by Gasteiger charge is 2.32. The maximum atomic E-state index is 11.8. The van der Waals surface area contributed by atoms with E-state index in [1.54, 1.807) is 11.8 Å². The summed E-state index contributed by atoms with van der Waals surface area (Å²) in [5.74, 6) is -0.335. The first-order valence-corrected chi connectivity index (χ1v) is 8.53. The van der Waals surface area contributed by atoms with E-state index in [2.05, 4.69) is 10.6 Å². The Hall–Kier alpha value is -0.750. The molecule has 20 heavy (non-hydrogen) atoms. The van der Waals surface area contributed by atoms with Crippen LogP contribution in [0.2, 0.25) is 0 Å². The molecule has 2 rings (SSSR count). The Balaban J connectivity index is 1.63. The van der Waals surface area contributed by atoms with Gasteiger partial charge in [0.2, 0.25) is 5.91 Å². The number of piperidine rings is 1. The lowest BCUT2D eigenvalue weighted by Crippen LogP contribution is -2.35. The largest absolute Gasteiger partial charge is 0.481 e. The van der Waals surface area contributed by atoms with Crippen molar-refractivity contribution in [2.75, 3.05) is 25.4 Å². The van der Waals surface area contributed by atoms with E-state index >= 15 is 0 Å². The molecule has 3 N–H and O–H groups in total. The second kappa shape index (κ2) is 7.88. The van der Waals surface area contributed by atoms with Crippen molar-refractivity contribution in [3.05, 3.63) is 0 Å². The molecule has 1 saturated heterocycles. The summed E-state index contributed by atoms with van der Waals surface area (Å²) in [7, 11) is 0. The number of aliphatic carboxylic acids is 1. The molecular formula is C14H24N2O3S. The van der Waals surface area contributed by atoms with Gasteiger partial charge in [-0.15, -0.1) is 11.8 Å². The topological polar surface area (TPSA) is 78.4 Å². The molecule has 1 amide bonds. The molecule has 5 nitrogen and oxygen atoms in total. The van der Waals surface area contributed by atoms with Crippen LogP contribution in [0, 0.1) is 11.8 Å². The van der Waals surface area contributed by atoms with Gasteiger partial charge in [0.25, 0.3) is 0 Å².